The van der Waals surface area contributed by atoms with Crippen molar-refractivity contribution in [2.24, 2.45) is 5.11 Å². The zero-order valence-electron chi connectivity index (χ0n) is 16.8. The predicted octanol–water partition coefficient (Wildman–Crippen LogP) is 4.49. The molecule has 1 aromatic carbocycles. The highest BCUT2D eigenvalue weighted by atomic mass is 16.5. The molecule has 0 unspecified atom stereocenters. The van der Waals surface area contributed by atoms with E-state index in [9.17, 15) is 10.1 Å². The Bertz CT molecular complexity index is 1120. The Morgan fingerprint density at radius 3 is 2.52 bits per heavy atom. The normalized spacial score (nSPS) is 14.0. The van der Waals surface area contributed by atoms with Crippen LogP contribution in [0, 0.1) is 34.0 Å². The average Bonchev–Trinajstić information content (AvgIpc) is 3.01. The first-order valence-electron chi connectivity index (χ1n) is 8.97. The van der Waals surface area contributed by atoms with Crippen LogP contribution in [0.5, 0.6) is 0 Å². The van der Waals surface area contributed by atoms with E-state index in [1.165, 1.54) is 0 Å². The molecule has 0 spiro atoms. The molecule has 1 aliphatic heterocycles. The fourth-order valence-electron chi connectivity index (χ4n) is 2.72. The molecule has 0 radical (unpaired) electrons. The molecule has 31 heavy (non-hydrogen) atoms. The van der Waals surface area contributed by atoms with Crippen molar-refractivity contribution < 1.29 is 14.3 Å². The Morgan fingerprint density at radius 1 is 1.26 bits per heavy atom. The SMILES string of the molecule is CC1(C)OC(=C(C#N)C#N)C(C#N)=C1/C=C/c1ccc(NC(=O)OCCN=[N+]=[N-])cc1. The monoisotopic (exact) mass is 415 g/mol. The molecule has 1 amide bonds. The van der Waals surface area contributed by atoms with Crippen molar-refractivity contribution in [2.75, 3.05) is 18.5 Å². The molecule has 1 N–H and O–H groups in total. The van der Waals surface area contributed by atoms with Crippen molar-refractivity contribution >= 4 is 17.9 Å². The molecule has 0 saturated heterocycles. The van der Waals surface area contributed by atoms with Gasteiger partial charge in [-0.05, 0) is 37.1 Å². The lowest BCUT2D eigenvalue weighted by Crippen LogP contribution is -2.20. The largest absolute Gasteiger partial charge is 0.480 e. The van der Waals surface area contributed by atoms with Gasteiger partial charge in [-0.3, -0.25) is 5.32 Å². The summed E-state index contributed by atoms with van der Waals surface area (Å²) in [6, 6.07) is 12.3. The molecular weight excluding hydrogens is 398 g/mol. The molecule has 0 bridgehead atoms. The van der Waals surface area contributed by atoms with Crippen LogP contribution in [0.1, 0.15) is 19.4 Å². The lowest BCUT2D eigenvalue weighted by molar-refractivity contribution is 0.0954. The number of nitrogens with zero attached hydrogens (tertiary/aromatic N) is 6. The number of amides is 1. The van der Waals surface area contributed by atoms with Crippen LogP contribution < -0.4 is 5.32 Å². The number of benzene rings is 1. The Balaban J connectivity index is 2.17. The van der Waals surface area contributed by atoms with E-state index in [4.69, 9.17) is 25.5 Å². The number of rotatable bonds is 6. The molecule has 0 atom stereocenters. The smallest absolute Gasteiger partial charge is 0.411 e. The minimum Gasteiger partial charge on any atom is -0.480 e. The standard InChI is InChI=1S/C21H17N7O3/c1-21(2)18(17(13-24)19(31-21)15(11-22)12-23)8-5-14-3-6-16(7-4-14)27-20(29)30-10-9-26-28-25/h3-8H,9-10H2,1-2H3,(H,27,29)/b8-5+. The molecule has 0 fully saturated rings. The maximum atomic E-state index is 11.7. The second-order valence-electron chi connectivity index (χ2n) is 6.61. The van der Waals surface area contributed by atoms with Gasteiger partial charge in [-0.15, -0.1) is 0 Å². The van der Waals surface area contributed by atoms with E-state index < -0.39 is 11.7 Å². The van der Waals surface area contributed by atoms with E-state index in [0.717, 1.165) is 5.56 Å². The number of ether oxygens (including phenoxy) is 2. The van der Waals surface area contributed by atoms with Crippen LogP contribution in [-0.2, 0) is 9.47 Å². The number of anilines is 1. The quantitative estimate of drug-likeness (QED) is 0.236. The van der Waals surface area contributed by atoms with Gasteiger partial charge in [0.1, 0.15) is 29.4 Å². The zero-order valence-corrected chi connectivity index (χ0v) is 16.8. The lowest BCUT2D eigenvalue weighted by atomic mass is 9.94. The summed E-state index contributed by atoms with van der Waals surface area (Å²) in [5.41, 5.74) is 8.98. The summed E-state index contributed by atoms with van der Waals surface area (Å²) in [4.78, 5) is 14.2. The highest BCUT2D eigenvalue weighted by molar-refractivity contribution is 5.84. The number of hydrogen-bond donors (Lipinski definition) is 1. The van der Waals surface area contributed by atoms with Gasteiger partial charge in [-0.1, -0.05) is 29.4 Å². The van der Waals surface area contributed by atoms with Gasteiger partial charge in [0.2, 0.25) is 0 Å². The molecule has 0 aliphatic carbocycles. The molecule has 154 valence electrons. The fourth-order valence-corrected chi connectivity index (χ4v) is 2.72. The molecule has 2 rings (SSSR count). The number of hydrogen-bond acceptors (Lipinski definition) is 7. The molecule has 1 aromatic rings. The Labute approximate surface area is 178 Å². The van der Waals surface area contributed by atoms with Crippen LogP contribution in [0.3, 0.4) is 0 Å². The molecule has 0 saturated carbocycles. The summed E-state index contributed by atoms with van der Waals surface area (Å²) >= 11 is 0. The average molecular weight is 415 g/mol. The molecule has 10 nitrogen and oxygen atoms in total. The van der Waals surface area contributed by atoms with Gasteiger partial charge in [0.25, 0.3) is 0 Å². The fraction of sp³-hybridized carbons (Fsp3) is 0.238. The van der Waals surface area contributed by atoms with E-state index in [0.29, 0.717) is 11.3 Å². The lowest BCUT2D eigenvalue weighted by Gasteiger charge is -2.20. The van der Waals surface area contributed by atoms with Gasteiger partial charge in [0.05, 0.1) is 13.2 Å². The van der Waals surface area contributed by atoms with Crippen molar-refractivity contribution in [3.63, 3.8) is 0 Å². The Morgan fingerprint density at radius 2 is 1.94 bits per heavy atom. The van der Waals surface area contributed by atoms with Crippen molar-refractivity contribution in [2.45, 2.75) is 19.4 Å². The van der Waals surface area contributed by atoms with Crippen LogP contribution in [0.25, 0.3) is 16.5 Å². The van der Waals surface area contributed by atoms with Gasteiger partial charge in [0, 0.05) is 16.2 Å². The molecule has 10 heteroatoms. The highest BCUT2D eigenvalue weighted by Gasteiger charge is 2.38. The van der Waals surface area contributed by atoms with E-state index in [1.807, 2.05) is 6.07 Å². The van der Waals surface area contributed by atoms with Crippen LogP contribution in [-0.4, -0.2) is 24.8 Å². The van der Waals surface area contributed by atoms with Gasteiger partial charge in [-0.25, -0.2) is 4.79 Å². The van der Waals surface area contributed by atoms with Gasteiger partial charge in [-0.2, -0.15) is 15.8 Å². The first kappa shape index (κ1) is 22.6. The van der Waals surface area contributed by atoms with Crippen LogP contribution in [0.4, 0.5) is 10.5 Å². The van der Waals surface area contributed by atoms with Crippen LogP contribution in [0.15, 0.2) is 57.9 Å². The third kappa shape index (κ3) is 5.65. The maximum absolute atomic E-state index is 11.7. The minimum absolute atomic E-state index is 0.0179. The van der Waals surface area contributed by atoms with Gasteiger partial charge >= 0.3 is 6.09 Å². The number of allylic oxidation sites excluding steroid dienone is 2. The van der Waals surface area contributed by atoms with Crippen LogP contribution in [0.2, 0.25) is 0 Å². The van der Waals surface area contributed by atoms with Gasteiger partial charge in [0.15, 0.2) is 11.3 Å². The Kier molecular flexibility index (Phi) is 7.41. The third-order valence-corrected chi connectivity index (χ3v) is 4.15. The minimum atomic E-state index is -0.892. The second-order valence-corrected chi connectivity index (χ2v) is 6.61. The Hall–Kier alpha value is -4.71. The number of carbonyl (C=O) groups is 1. The summed E-state index contributed by atoms with van der Waals surface area (Å²) < 4.78 is 10.6. The first-order chi connectivity index (χ1) is 14.9. The second kappa shape index (κ2) is 10.2. The van der Waals surface area contributed by atoms with E-state index in [1.54, 1.807) is 62.4 Å². The topological polar surface area (TPSA) is 168 Å². The van der Waals surface area contributed by atoms with Gasteiger partial charge < -0.3 is 9.47 Å². The van der Waals surface area contributed by atoms with Crippen LogP contribution >= 0.6 is 0 Å². The number of azide groups is 1. The van der Waals surface area contributed by atoms with E-state index >= 15 is 0 Å². The summed E-state index contributed by atoms with van der Waals surface area (Å²) in [6.07, 6.45) is 2.78. The predicted molar refractivity (Wildman–Crippen MR) is 111 cm³/mol. The summed E-state index contributed by atoms with van der Waals surface area (Å²) in [7, 11) is 0. The first-order valence-corrected chi connectivity index (χ1v) is 8.97. The van der Waals surface area contributed by atoms with Crippen molar-refractivity contribution in [1.29, 1.82) is 15.8 Å². The summed E-state index contributed by atoms with van der Waals surface area (Å²) in [5.74, 6) is -0.0179. The van der Waals surface area contributed by atoms with Crippen molar-refractivity contribution in [3.05, 3.63) is 68.8 Å². The zero-order chi connectivity index (χ0) is 22.9. The van der Waals surface area contributed by atoms with E-state index in [-0.39, 0.29) is 30.1 Å². The number of carbonyl (C=O) groups excluding carboxylic acids is 1. The van der Waals surface area contributed by atoms with E-state index in [2.05, 4.69) is 15.3 Å². The maximum Gasteiger partial charge on any atom is 0.411 e. The summed E-state index contributed by atoms with van der Waals surface area (Å²) in [6.45, 7) is 3.50. The highest BCUT2D eigenvalue weighted by Crippen LogP contribution is 2.40. The number of nitrogens with one attached hydrogen (secondary N) is 1. The summed E-state index contributed by atoms with van der Waals surface area (Å²) in [5, 5.41) is 33.6. The van der Waals surface area contributed by atoms with Crippen molar-refractivity contribution in [1.82, 2.24) is 0 Å². The third-order valence-electron chi connectivity index (χ3n) is 4.15. The molecule has 1 aliphatic rings. The van der Waals surface area contributed by atoms with Crippen molar-refractivity contribution in [3.8, 4) is 18.2 Å². The molecule has 1 heterocycles. The molecular formula is C21H17N7O3. The molecule has 0 aromatic heterocycles. The number of nitriles is 3.